The summed E-state index contributed by atoms with van der Waals surface area (Å²) in [4.78, 5) is 22.8. The van der Waals surface area contributed by atoms with Crippen LogP contribution in [0.4, 0.5) is 0 Å². The highest BCUT2D eigenvalue weighted by atomic mass is 16.4. The molecule has 2 N–H and O–H groups in total. The Morgan fingerprint density at radius 1 is 1.19 bits per heavy atom. The third-order valence-corrected chi connectivity index (χ3v) is 4.06. The van der Waals surface area contributed by atoms with Crippen molar-refractivity contribution in [2.75, 3.05) is 0 Å². The minimum absolute atomic E-state index is 0.0831. The zero-order valence-corrected chi connectivity index (χ0v) is 13.2. The van der Waals surface area contributed by atoms with Gasteiger partial charge in [0, 0.05) is 12.5 Å². The van der Waals surface area contributed by atoms with E-state index in [1.54, 1.807) is 13.8 Å². The van der Waals surface area contributed by atoms with Crippen LogP contribution in [0.25, 0.3) is 0 Å². The van der Waals surface area contributed by atoms with Gasteiger partial charge in [-0.2, -0.15) is 0 Å². The van der Waals surface area contributed by atoms with Gasteiger partial charge in [0.25, 0.3) is 0 Å². The molecule has 116 valence electrons. The largest absolute Gasteiger partial charge is 0.481 e. The Labute approximate surface area is 126 Å². The van der Waals surface area contributed by atoms with Crippen LogP contribution in [0, 0.1) is 5.92 Å². The predicted octanol–water partition coefficient (Wildman–Crippen LogP) is 2.97. The summed E-state index contributed by atoms with van der Waals surface area (Å²) >= 11 is 0. The molecule has 2 unspecified atom stereocenters. The van der Waals surface area contributed by atoms with Crippen molar-refractivity contribution >= 4 is 11.9 Å². The predicted molar refractivity (Wildman–Crippen MR) is 83.1 cm³/mol. The van der Waals surface area contributed by atoms with Crippen LogP contribution in [-0.2, 0) is 15.0 Å². The molecule has 0 spiro atoms. The Kier molecular flexibility index (Phi) is 5.94. The third-order valence-electron chi connectivity index (χ3n) is 4.06. The summed E-state index contributed by atoms with van der Waals surface area (Å²) < 4.78 is 0. The molecule has 0 radical (unpaired) electrons. The molecule has 1 aromatic carbocycles. The summed E-state index contributed by atoms with van der Waals surface area (Å²) in [5, 5.41) is 11.7. The third kappa shape index (κ3) is 5.21. The number of nitrogens with one attached hydrogen (secondary N) is 1. The second-order valence-corrected chi connectivity index (χ2v) is 6.23. The molecule has 0 bridgehead atoms. The van der Waals surface area contributed by atoms with Crippen LogP contribution in [-0.4, -0.2) is 23.0 Å². The minimum atomic E-state index is -0.896. The van der Waals surface area contributed by atoms with E-state index in [1.807, 2.05) is 18.2 Å². The molecule has 1 aromatic rings. The zero-order valence-electron chi connectivity index (χ0n) is 13.2. The van der Waals surface area contributed by atoms with Crippen molar-refractivity contribution in [2.24, 2.45) is 5.92 Å². The quantitative estimate of drug-likeness (QED) is 0.811. The van der Waals surface area contributed by atoms with Gasteiger partial charge in [-0.05, 0) is 31.2 Å². The fraction of sp³-hybridized carbons (Fsp3) is 0.529. The van der Waals surface area contributed by atoms with Gasteiger partial charge in [-0.1, -0.05) is 44.2 Å². The molecule has 0 aromatic heterocycles. The molecular weight excluding hydrogens is 266 g/mol. The standard InChI is InChI=1S/C17H25NO3/c1-12(16(20)21)13(2)18-15(19)10-11-17(3,4)14-8-6-5-7-9-14/h5-9,12-13H,10-11H2,1-4H3,(H,18,19)(H,20,21). The van der Waals surface area contributed by atoms with Gasteiger partial charge in [-0.15, -0.1) is 0 Å². The van der Waals surface area contributed by atoms with Gasteiger partial charge in [0.05, 0.1) is 5.92 Å². The first-order valence-corrected chi connectivity index (χ1v) is 7.32. The van der Waals surface area contributed by atoms with Crippen molar-refractivity contribution in [3.63, 3.8) is 0 Å². The lowest BCUT2D eigenvalue weighted by Gasteiger charge is -2.25. The van der Waals surface area contributed by atoms with E-state index < -0.39 is 11.9 Å². The Morgan fingerprint density at radius 2 is 1.76 bits per heavy atom. The number of hydrogen-bond donors (Lipinski definition) is 2. The van der Waals surface area contributed by atoms with E-state index in [-0.39, 0.29) is 17.4 Å². The summed E-state index contributed by atoms with van der Waals surface area (Å²) in [5.74, 6) is -1.58. The summed E-state index contributed by atoms with van der Waals surface area (Å²) in [5.41, 5.74) is 1.12. The highest BCUT2D eigenvalue weighted by Crippen LogP contribution is 2.28. The smallest absolute Gasteiger partial charge is 0.308 e. The van der Waals surface area contributed by atoms with Gasteiger partial charge >= 0.3 is 5.97 Å². The molecule has 0 heterocycles. The first-order valence-electron chi connectivity index (χ1n) is 7.32. The summed E-state index contributed by atoms with van der Waals surface area (Å²) in [6.45, 7) is 7.54. The van der Waals surface area contributed by atoms with E-state index in [0.717, 1.165) is 6.42 Å². The van der Waals surface area contributed by atoms with E-state index in [0.29, 0.717) is 6.42 Å². The first kappa shape index (κ1) is 17.2. The van der Waals surface area contributed by atoms with E-state index in [9.17, 15) is 9.59 Å². The number of rotatable bonds is 7. The fourth-order valence-corrected chi connectivity index (χ4v) is 2.12. The van der Waals surface area contributed by atoms with Crippen molar-refractivity contribution < 1.29 is 14.7 Å². The monoisotopic (exact) mass is 291 g/mol. The van der Waals surface area contributed by atoms with Crippen molar-refractivity contribution in [2.45, 2.75) is 52.0 Å². The normalized spacial score (nSPS) is 14.3. The maximum Gasteiger partial charge on any atom is 0.308 e. The van der Waals surface area contributed by atoms with Crippen LogP contribution >= 0.6 is 0 Å². The minimum Gasteiger partial charge on any atom is -0.481 e. The number of carboxylic acid groups (broad SMARTS) is 1. The first-order chi connectivity index (χ1) is 9.74. The number of carbonyl (C=O) groups is 2. The van der Waals surface area contributed by atoms with Crippen molar-refractivity contribution in [3.05, 3.63) is 35.9 Å². The lowest BCUT2D eigenvalue weighted by molar-refractivity contribution is -0.142. The van der Waals surface area contributed by atoms with E-state index in [1.165, 1.54) is 5.56 Å². The fourth-order valence-electron chi connectivity index (χ4n) is 2.12. The average Bonchev–Trinajstić information content (AvgIpc) is 2.45. The molecule has 4 nitrogen and oxygen atoms in total. The van der Waals surface area contributed by atoms with Crippen LogP contribution < -0.4 is 5.32 Å². The molecule has 0 saturated heterocycles. The van der Waals surface area contributed by atoms with Crippen LogP contribution in [0.2, 0.25) is 0 Å². The van der Waals surface area contributed by atoms with Gasteiger partial charge in [0.15, 0.2) is 0 Å². The Bertz CT molecular complexity index is 482. The van der Waals surface area contributed by atoms with Crippen LogP contribution in [0.5, 0.6) is 0 Å². The molecule has 0 aliphatic heterocycles. The van der Waals surface area contributed by atoms with Gasteiger partial charge in [0.1, 0.15) is 0 Å². The van der Waals surface area contributed by atoms with Crippen LogP contribution in [0.1, 0.15) is 46.1 Å². The van der Waals surface area contributed by atoms with Gasteiger partial charge in [-0.25, -0.2) is 0 Å². The zero-order chi connectivity index (χ0) is 16.0. The molecule has 0 aliphatic rings. The SMILES string of the molecule is CC(NC(=O)CCC(C)(C)c1ccccc1)C(C)C(=O)O. The van der Waals surface area contributed by atoms with Crippen molar-refractivity contribution in [1.29, 1.82) is 0 Å². The topological polar surface area (TPSA) is 66.4 Å². The van der Waals surface area contributed by atoms with Crippen molar-refractivity contribution in [1.82, 2.24) is 5.32 Å². The molecule has 1 amide bonds. The number of amides is 1. The van der Waals surface area contributed by atoms with Crippen LogP contribution in [0.3, 0.4) is 0 Å². The Hall–Kier alpha value is -1.84. The summed E-state index contributed by atoms with van der Waals surface area (Å²) in [7, 11) is 0. The van der Waals surface area contributed by atoms with E-state index in [4.69, 9.17) is 5.11 Å². The van der Waals surface area contributed by atoms with E-state index >= 15 is 0 Å². The van der Waals surface area contributed by atoms with Crippen LogP contribution in [0.15, 0.2) is 30.3 Å². The molecule has 2 atom stereocenters. The highest BCUT2D eigenvalue weighted by molar-refractivity contribution is 5.78. The highest BCUT2D eigenvalue weighted by Gasteiger charge is 2.24. The van der Waals surface area contributed by atoms with Gasteiger partial charge in [-0.3, -0.25) is 9.59 Å². The molecule has 0 fully saturated rings. The average molecular weight is 291 g/mol. The molecular formula is C17H25NO3. The maximum atomic E-state index is 12.0. The molecule has 0 saturated carbocycles. The molecule has 0 aliphatic carbocycles. The Morgan fingerprint density at radius 3 is 2.29 bits per heavy atom. The Balaban J connectivity index is 2.51. The molecule has 1 rings (SSSR count). The van der Waals surface area contributed by atoms with Gasteiger partial charge < -0.3 is 10.4 Å². The number of carboxylic acids is 1. The second kappa shape index (κ2) is 7.25. The van der Waals surface area contributed by atoms with E-state index in [2.05, 4.69) is 31.3 Å². The summed E-state index contributed by atoms with van der Waals surface area (Å²) in [6.07, 6.45) is 1.11. The van der Waals surface area contributed by atoms with Crippen molar-refractivity contribution in [3.8, 4) is 0 Å². The second-order valence-electron chi connectivity index (χ2n) is 6.23. The maximum absolute atomic E-state index is 12.0. The lowest BCUT2D eigenvalue weighted by atomic mass is 9.80. The molecule has 4 heteroatoms. The summed E-state index contributed by atoms with van der Waals surface area (Å²) in [6, 6.07) is 9.72. The lowest BCUT2D eigenvalue weighted by Crippen LogP contribution is -2.40. The van der Waals surface area contributed by atoms with Gasteiger partial charge in [0.2, 0.25) is 5.91 Å². The molecule has 21 heavy (non-hydrogen) atoms. The number of benzene rings is 1. The number of hydrogen-bond acceptors (Lipinski definition) is 2. The number of carbonyl (C=O) groups excluding carboxylic acids is 1. The number of aliphatic carboxylic acids is 1.